The van der Waals surface area contributed by atoms with E-state index in [1.165, 1.54) is 18.1 Å². The van der Waals surface area contributed by atoms with Crippen molar-refractivity contribution in [2.45, 2.75) is 24.9 Å². The predicted molar refractivity (Wildman–Crippen MR) is 113 cm³/mol. The van der Waals surface area contributed by atoms with Crippen LogP contribution in [0, 0.1) is 5.92 Å². The summed E-state index contributed by atoms with van der Waals surface area (Å²) in [5.74, 6) is 1.96. The Hall–Kier alpha value is -2.80. The van der Waals surface area contributed by atoms with Crippen molar-refractivity contribution in [2.75, 3.05) is 19.0 Å². The fraction of sp³-hybridized carbons (Fsp3) is 0.318. The zero-order chi connectivity index (χ0) is 20.2. The normalized spacial score (nSPS) is 14.0. The molecule has 1 amide bonds. The highest BCUT2D eigenvalue weighted by atomic mass is 32.2. The lowest BCUT2D eigenvalue weighted by molar-refractivity contribution is -0.119. The van der Waals surface area contributed by atoms with Crippen molar-refractivity contribution in [3.05, 3.63) is 54.4 Å². The highest BCUT2D eigenvalue weighted by Gasteiger charge is 2.21. The molecule has 4 rings (SSSR count). The van der Waals surface area contributed by atoms with Crippen LogP contribution >= 0.6 is 11.8 Å². The number of para-hydroxylation sites is 1. The maximum atomic E-state index is 12.7. The molecule has 29 heavy (non-hydrogen) atoms. The molecule has 1 aliphatic heterocycles. The minimum Gasteiger partial charge on any atom is -0.486 e. The van der Waals surface area contributed by atoms with Crippen LogP contribution in [0.2, 0.25) is 0 Å². The van der Waals surface area contributed by atoms with Gasteiger partial charge in [0.25, 0.3) is 0 Å². The molecule has 0 saturated heterocycles. The van der Waals surface area contributed by atoms with Gasteiger partial charge in [0.15, 0.2) is 11.5 Å². The van der Waals surface area contributed by atoms with Gasteiger partial charge in [-0.1, -0.05) is 49.9 Å². The smallest absolute Gasteiger partial charge is 0.230 e. The summed E-state index contributed by atoms with van der Waals surface area (Å²) in [4.78, 5) is 21.3. The van der Waals surface area contributed by atoms with Gasteiger partial charge in [-0.2, -0.15) is 0 Å². The number of nitrogens with zero attached hydrogens (tertiary/aromatic N) is 2. The average molecular weight is 410 g/mol. The molecule has 150 valence electrons. The number of benzene rings is 2. The van der Waals surface area contributed by atoms with E-state index in [1.54, 1.807) is 0 Å². The molecule has 0 bridgehead atoms. The van der Waals surface area contributed by atoms with E-state index in [0.717, 1.165) is 33.0 Å². The van der Waals surface area contributed by atoms with E-state index >= 15 is 0 Å². The third-order valence-corrected chi connectivity index (χ3v) is 5.76. The number of thioether (sulfide) groups is 1. The number of aromatic nitrogens is 2. The van der Waals surface area contributed by atoms with Crippen molar-refractivity contribution in [1.29, 1.82) is 0 Å². The highest BCUT2D eigenvalue weighted by Crippen LogP contribution is 2.34. The average Bonchev–Trinajstić information content (AvgIpc) is 2.75. The molecule has 0 spiro atoms. The lowest BCUT2D eigenvalue weighted by Crippen LogP contribution is -2.33. The summed E-state index contributed by atoms with van der Waals surface area (Å²) in [5.41, 5.74) is 1.89. The number of fused-ring (bicyclic) bond motifs is 2. The van der Waals surface area contributed by atoms with Crippen LogP contribution in [-0.2, 0) is 4.79 Å². The Morgan fingerprint density at radius 2 is 1.90 bits per heavy atom. The SMILES string of the molecule is CC(C)[C@@H](NC(=O)CSc1ncnc2ccccc12)c1ccc2c(c1)OCCO2. The zero-order valence-electron chi connectivity index (χ0n) is 16.4. The third kappa shape index (κ3) is 4.45. The summed E-state index contributed by atoms with van der Waals surface area (Å²) in [5, 5.41) is 4.93. The molecular formula is C22H23N3O3S. The Morgan fingerprint density at radius 3 is 2.72 bits per heavy atom. The minimum absolute atomic E-state index is 0.0358. The first-order chi connectivity index (χ1) is 14.1. The third-order valence-electron chi connectivity index (χ3n) is 4.75. The van der Waals surface area contributed by atoms with Crippen LogP contribution in [-0.4, -0.2) is 34.8 Å². The van der Waals surface area contributed by atoms with Gasteiger partial charge < -0.3 is 14.8 Å². The Kier molecular flexibility index (Phi) is 5.85. The minimum atomic E-state index is -0.110. The number of carbonyl (C=O) groups is 1. The van der Waals surface area contributed by atoms with Crippen molar-refractivity contribution in [3.63, 3.8) is 0 Å². The number of ether oxygens (including phenoxy) is 2. The molecule has 7 heteroatoms. The zero-order valence-corrected chi connectivity index (χ0v) is 17.2. The largest absolute Gasteiger partial charge is 0.486 e. The number of rotatable bonds is 6. The maximum Gasteiger partial charge on any atom is 0.230 e. The van der Waals surface area contributed by atoms with E-state index in [-0.39, 0.29) is 23.6 Å². The number of hydrogen-bond donors (Lipinski definition) is 1. The van der Waals surface area contributed by atoms with E-state index < -0.39 is 0 Å². The van der Waals surface area contributed by atoms with E-state index in [0.29, 0.717) is 13.2 Å². The van der Waals surface area contributed by atoms with Gasteiger partial charge in [-0.25, -0.2) is 9.97 Å². The summed E-state index contributed by atoms with van der Waals surface area (Å²) in [6.45, 7) is 5.28. The number of nitrogens with one attached hydrogen (secondary N) is 1. The molecule has 3 aromatic rings. The van der Waals surface area contributed by atoms with Gasteiger partial charge in [-0.05, 0) is 29.7 Å². The summed E-state index contributed by atoms with van der Waals surface area (Å²) < 4.78 is 11.3. The van der Waals surface area contributed by atoms with Crippen molar-refractivity contribution in [1.82, 2.24) is 15.3 Å². The quantitative estimate of drug-likeness (QED) is 0.490. The van der Waals surface area contributed by atoms with Crippen molar-refractivity contribution >= 4 is 28.6 Å². The van der Waals surface area contributed by atoms with Crippen LogP contribution in [0.3, 0.4) is 0 Å². The van der Waals surface area contributed by atoms with Gasteiger partial charge in [-0.15, -0.1) is 0 Å². The Morgan fingerprint density at radius 1 is 1.10 bits per heavy atom. The number of amides is 1. The van der Waals surface area contributed by atoms with Crippen LogP contribution in [0.5, 0.6) is 11.5 Å². The number of carbonyl (C=O) groups excluding carboxylic acids is 1. The van der Waals surface area contributed by atoms with Crippen LogP contribution in [0.15, 0.2) is 53.8 Å². The molecule has 0 unspecified atom stereocenters. The molecule has 0 radical (unpaired) electrons. The molecule has 1 aromatic heterocycles. The second-order valence-corrected chi connectivity index (χ2v) is 8.14. The van der Waals surface area contributed by atoms with Gasteiger partial charge in [0.05, 0.1) is 17.3 Å². The van der Waals surface area contributed by atoms with Gasteiger partial charge in [0.1, 0.15) is 24.6 Å². The molecule has 1 aliphatic rings. The second-order valence-electron chi connectivity index (χ2n) is 7.18. The molecule has 2 heterocycles. The van der Waals surface area contributed by atoms with Crippen molar-refractivity contribution in [3.8, 4) is 11.5 Å². The molecule has 6 nitrogen and oxygen atoms in total. The summed E-state index contributed by atoms with van der Waals surface area (Å²) in [6.07, 6.45) is 1.54. The summed E-state index contributed by atoms with van der Waals surface area (Å²) >= 11 is 1.42. The molecule has 0 aliphatic carbocycles. The summed E-state index contributed by atoms with van der Waals surface area (Å²) in [6, 6.07) is 13.6. The van der Waals surface area contributed by atoms with Crippen LogP contribution in [0.4, 0.5) is 0 Å². The topological polar surface area (TPSA) is 73.3 Å². The van der Waals surface area contributed by atoms with Crippen molar-refractivity contribution < 1.29 is 14.3 Å². The first kappa shape index (κ1) is 19.5. The van der Waals surface area contributed by atoms with Crippen LogP contribution in [0.25, 0.3) is 10.9 Å². The lowest BCUT2D eigenvalue weighted by Gasteiger charge is -2.25. The molecule has 1 N–H and O–H groups in total. The van der Waals surface area contributed by atoms with Gasteiger partial charge >= 0.3 is 0 Å². The van der Waals surface area contributed by atoms with E-state index in [9.17, 15) is 4.79 Å². The molecule has 2 aromatic carbocycles. The number of hydrogen-bond acceptors (Lipinski definition) is 6. The fourth-order valence-electron chi connectivity index (χ4n) is 3.33. The van der Waals surface area contributed by atoms with Gasteiger partial charge in [0.2, 0.25) is 5.91 Å². The summed E-state index contributed by atoms with van der Waals surface area (Å²) in [7, 11) is 0. The second kappa shape index (κ2) is 8.69. The predicted octanol–water partition coefficient (Wildman–Crippen LogP) is 4.01. The Bertz CT molecular complexity index is 1020. The lowest BCUT2D eigenvalue weighted by atomic mass is 9.95. The first-order valence-corrected chi connectivity index (χ1v) is 10.6. The van der Waals surface area contributed by atoms with E-state index in [2.05, 4.69) is 29.1 Å². The Balaban J connectivity index is 1.45. The van der Waals surface area contributed by atoms with Crippen LogP contribution < -0.4 is 14.8 Å². The molecule has 0 fully saturated rings. The fourth-order valence-corrected chi connectivity index (χ4v) is 4.13. The highest BCUT2D eigenvalue weighted by molar-refractivity contribution is 8.00. The molecular weight excluding hydrogens is 386 g/mol. The van der Waals surface area contributed by atoms with Gasteiger partial charge in [0, 0.05) is 5.39 Å². The van der Waals surface area contributed by atoms with Gasteiger partial charge in [-0.3, -0.25) is 4.79 Å². The molecule has 0 saturated carbocycles. The van der Waals surface area contributed by atoms with Crippen LogP contribution in [0.1, 0.15) is 25.5 Å². The standard InChI is InChI=1S/C22H23N3O3S/c1-14(2)21(15-7-8-18-19(11-15)28-10-9-27-18)25-20(26)12-29-22-16-5-3-4-6-17(16)23-13-24-22/h3-8,11,13-14,21H,9-10,12H2,1-2H3,(H,25,26)/t21-/m1/s1. The van der Waals surface area contributed by atoms with E-state index in [4.69, 9.17) is 9.47 Å². The first-order valence-electron chi connectivity index (χ1n) is 9.63. The van der Waals surface area contributed by atoms with Crippen molar-refractivity contribution in [2.24, 2.45) is 5.92 Å². The maximum absolute atomic E-state index is 12.7. The van der Waals surface area contributed by atoms with E-state index in [1.807, 2.05) is 42.5 Å². The molecule has 1 atom stereocenters. The Labute approximate surface area is 174 Å². The monoisotopic (exact) mass is 409 g/mol.